The summed E-state index contributed by atoms with van der Waals surface area (Å²) in [5.74, 6) is -1.78. The van der Waals surface area contributed by atoms with Crippen molar-refractivity contribution in [3.8, 4) is 33.8 Å². The number of imidazole rings is 1. The number of benzene rings is 2. The molecule has 0 aliphatic carbocycles. The van der Waals surface area contributed by atoms with Crippen molar-refractivity contribution < 1.29 is 18.0 Å². The molecule has 2 atom stereocenters. The second-order valence-corrected chi connectivity index (χ2v) is 12.2. The topological polar surface area (TPSA) is 94.9 Å². The Morgan fingerprint density at radius 1 is 1.07 bits per heavy atom. The lowest BCUT2D eigenvalue weighted by molar-refractivity contribution is -0.129. The molecule has 1 amide bonds. The molecule has 7 rings (SSSR count). The molecule has 8 nitrogen and oxygen atoms in total. The highest BCUT2D eigenvalue weighted by Gasteiger charge is 2.34. The number of nitrogen functional groups attached to an aromatic ring is 1. The van der Waals surface area contributed by atoms with Gasteiger partial charge in [0.25, 0.3) is 0 Å². The van der Waals surface area contributed by atoms with Crippen LogP contribution >= 0.6 is 11.3 Å². The quantitative estimate of drug-likeness (QED) is 0.163. The molecule has 1 aliphatic rings. The minimum Gasteiger partial charge on any atom is -0.398 e. The van der Waals surface area contributed by atoms with Crippen LogP contribution in [0.4, 0.5) is 18.9 Å². The first-order valence-corrected chi connectivity index (χ1v) is 15.2. The Bertz CT molecular complexity index is 2190. The molecular formula is C33H28F3N7OS. The number of thiophene rings is 1. The van der Waals surface area contributed by atoms with E-state index in [2.05, 4.69) is 11.6 Å². The molecule has 0 unspecified atom stereocenters. The van der Waals surface area contributed by atoms with E-state index in [1.165, 1.54) is 11.5 Å². The molecule has 0 spiro atoms. The number of halogens is 3. The number of hydrogen-bond acceptors (Lipinski definition) is 6. The molecule has 6 aromatic rings. The fourth-order valence-corrected chi connectivity index (χ4v) is 7.23. The van der Waals surface area contributed by atoms with Gasteiger partial charge in [0, 0.05) is 52.8 Å². The van der Waals surface area contributed by atoms with Crippen LogP contribution in [0.2, 0.25) is 0 Å². The number of pyridine rings is 1. The van der Waals surface area contributed by atoms with E-state index in [0.29, 0.717) is 28.2 Å². The number of aryl methyl sites for hydroxylation is 2. The second kappa shape index (κ2) is 10.3. The zero-order valence-corrected chi connectivity index (χ0v) is 25.7. The third-order valence-electron chi connectivity index (χ3n) is 8.62. The molecule has 12 heteroatoms. The Hall–Kier alpha value is -4.97. The van der Waals surface area contributed by atoms with Gasteiger partial charge >= 0.3 is 0 Å². The fraction of sp³-hybridized carbons (Fsp3) is 0.212. The van der Waals surface area contributed by atoms with Crippen molar-refractivity contribution in [2.75, 3.05) is 12.3 Å². The number of carbonyl (C=O) groups is 1. The zero-order valence-electron chi connectivity index (χ0n) is 24.9. The number of anilines is 1. The van der Waals surface area contributed by atoms with Crippen molar-refractivity contribution in [3.05, 3.63) is 83.4 Å². The number of hydrogen-bond donors (Lipinski definition) is 1. The molecule has 2 aromatic carbocycles. The van der Waals surface area contributed by atoms with Crippen LogP contribution in [0.3, 0.4) is 0 Å². The number of nitrogens with two attached hydrogens (primary N) is 1. The average Bonchev–Trinajstić information content (AvgIpc) is 3.70. The summed E-state index contributed by atoms with van der Waals surface area (Å²) < 4.78 is 50.1. The summed E-state index contributed by atoms with van der Waals surface area (Å²) in [6.45, 7) is 9.75. The SMILES string of the molecule is C=CC(=O)N1C[C@H](C)n2nc(-c3nc(-c4ccc5c(c4)nc(C)n5C)c4scc(F)c4c3-c3c(N)cc(F)cc3F)cc2[C@H]1C. The standard InChI is InChI=1S/C33H28F3N7OS/c1-6-27(44)42-13-15(2)43-26(16(42)3)12-24(40-43)32-30(28-20(35)10-19(34)11-22(28)37)29-21(36)14-45-33(29)31(39-32)18-7-8-25-23(9-18)38-17(4)41(25)5/h6-12,14-16H,1,13,37H2,2-5H3/t15-,16+/m0/s1. The van der Waals surface area contributed by atoms with Crippen molar-refractivity contribution in [1.29, 1.82) is 0 Å². The Kier molecular flexibility index (Phi) is 6.59. The maximum Gasteiger partial charge on any atom is 0.246 e. The van der Waals surface area contributed by atoms with E-state index in [9.17, 15) is 9.18 Å². The van der Waals surface area contributed by atoms with Gasteiger partial charge in [-0.3, -0.25) is 9.48 Å². The van der Waals surface area contributed by atoms with Gasteiger partial charge < -0.3 is 15.2 Å². The Labute approximate surface area is 260 Å². The molecule has 0 bridgehead atoms. The predicted molar refractivity (Wildman–Crippen MR) is 170 cm³/mol. The second-order valence-electron chi connectivity index (χ2n) is 11.4. The average molecular weight is 628 g/mol. The van der Waals surface area contributed by atoms with Gasteiger partial charge in [-0.05, 0) is 51.1 Å². The summed E-state index contributed by atoms with van der Waals surface area (Å²) in [6, 6.07) is 8.64. The Balaban J connectivity index is 1.55. The first-order chi connectivity index (χ1) is 21.5. The highest BCUT2D eigenvalue weighted by atomic mass is 32.1. The molecule has 0 fully saturated rings. The van der Waals surface area contributed by atoms with E-state index in [4.69, 9.17) is 15.8 Å². The minimum absolute atomic E-state index is 0.0760. The largest absolute Gasteiger partial charge is 0.398 e. The van der Waals surface area contributed by atoms with Crippen LogP contribution < -0.4 is 5.73 Å². The van der Waals surface area contributed by atoms with Crippen LogP contribution in [-0.2, 0) is 11.8 Å². The third-order valence-corrected chi connectivity index (χ3v) is 9.58. The summed E-state index contributed by atoms with van der Waals surface area (Å²) in [7, 11) is 1.93. The first-order valence-electron chi connectivity index (χ1n) is 14.3. The lowest BCUT2D eigenvalue weighted by Gasteiger charge is -2.36. The minimum atomic E-state index is -0.950. The van der Waals surface area contributed by atoms with E-state index >= 15 is 8.78 Å². The summed E-state index contributed by atoms with van der Waals surface area (Å²) >= 11 is 1.13. The first kappa shape index (κ1) is 28.8. The van der Waals surface area contributed by atoms with Crippen molar-refractivity contribution >= 4 is 44.1 Å². The van der Waals surface area contributed by atoms with Crippen LogP contribution in [-0.4, -0.2) is 41.7 Å². The molecule has 4 aromatic heterocycles. The Morgan fingerprint density at radius 3 is 2.58 bits per heavy atom. The molecule has 0 saturated heterocycles. The van der Waals surface area contributed by atoms with E-state index < -0.39 is 17.5 Å². The maximum atomic E-state index is 15.9. The normalized spacial score (nSPS) is 16.5. The molecule has 228 valence electrons. The van der Waals surface area contributed by atoms with Gasteiger partial charge in [-0.2, -0.15) is 5.10 Å². The summed E-state index contributed by atoms with van der Waals surface area (Å²) in [5.41, 5.74) is 9.97. The van der Waals surface area contributed by atoms with Crippen molar-refractivity contribution in [1.82, 2.24) is 29.2 Å². The fourth-order valence-electron chi connectivity index (χ4n) is 6.30. The van der Waals surface area contributed by atoms with Gasteiger partial charge in [0.1, 0.15) is 34.7 Å². The summed E-state index contributed by atoms with van der Waals surface area (Å²) in [6.07, 6.45) is 1.27. The molecule has 2 N–H and O–H groups in total. The van der Waals surface area contributed by atoms with Crippen LogP contribution in [0.1, 0.15) is 37.4 Å². The van der Waals surface area contributed by atoms with E-state index in [-0.39, 0.29) is 45.9 Å². The molecule has 45 heavy (non-hydrogen) atoms. The molecule has 0 saturated carbocycles. The predicted octanol–water partition coefficient (Wildman–Crippen LogP) is 7.34. The number of rotatable bonds is 4. The van der Waals surface area contributed by atoms with Gasteiger partial charge in [-0.25, -0.2) is 23.1 Å². The van der Waals surface area contributed by atoms with Gasteiger partial charge in [0.05, 0.1) is 39.2 Å². The van der Waals surface area contributed by atoms with Gasteiger partial charge in [-0.15, -0.1) is 11.3 Å². The lowest BCUT2D eigenvalue weighted by Crippen LogP contribution is -2.42. The zero-order chi connectivity index (χ0) is 31.9. The monoisotopic (exact) mass is 627 g/mol. The van der Waals surface area contributed by atoms with Crippen LogP contribution in [0.5, 0.6) is 0 Å². The third kappa shape index (κ3) is 4.34. The van der Waals surface area contributed by atoms with E-state index in [0.717, 1.165) is 46.0 Å². The number of aromatic nitrogens is 5. The van der Waals surface area contributed by atoms with Gasteiger partial charge in [0.15, 0.2) is 0 Å². The van der Waals surface area contributed by atoms with E-state index in [1.807, 2.05) is 50.6 Å². The Morgan fingerprint density at radius 2 is 1.84 bits per heavy atom. The highest BCUT2D eigenvalue weighted by Crippen LogP contribution is 2.47. The molecular weight excluding hydrogens is 599 g/mol. The highest BCUT2D eigenvalue weighted by molar-refractivity contribution is 7.17. The van der Waals surface area contributed by atoms with Crippen molar-refractivity contribution in [2.24, 2.45) is 7.05 Å². The van der Waals surface area contributed by atoms with Gasteiger partial charge in [-0.1, -0.05) is 12.6 Å². The van der Waals surface area contributed by atoms with Crippen LogP contribution in [0.15, 0.2) is 54.4 Å². The number of nitrogens with zero attached hydrogens (tertiary/aromatic N) is 6. The molecule has 5 heterocycles. The molecule has 1 aliphatic heterocycles. The smallest absolute Gasteiger partial charge is 0.246 e. The number of fused-ring (bicyclic) bond motifs is 3. The van der Waals surface area contributed by atoms with Crippen molar-refractivity contribution in [2.45, 2.75) is 32.9 Å². The summed E-state index contributed by atoms with van der Waals surface area (Å²) in [4.78, 5) is 24.1. The lowest BCUT2D eigenvalue weighted by atomic mass is 9.94. The number of carbonyl (C=O) groups excluding carboxylic acids is 1. The molecule has 0 radical (unpaired) electrons. The summed E-state index contributed by atoms with van der Waals surface area (Å²) in [5, 5.41) is 6.31. The van der Waals surface area contributed by atoms with Crippen LogP contribution in [0.25, 0.3) is 54.9 Å². The maximum absolute atomic E-state index is 15.9. The van der Waals surface area contributed by atoms with E-state index in [1.54, 1.807) is 15.6 Å². The van der Waals surface area contributed by atoms with Crippen LogP contribution in [0, 0.1) is 24.4 Å². The van der Waals surface area contributed by atoms with Gasteiger partial charge in [0.2, 0.25) is 5.91 Å². The number of amides is 1. The van der Waals surface area contributed by atoms with Crippen molar-refractivity contribution in [3.63, 3.8) is 0 Å².